The molecule has 1 heterocycles. The van der Waals surface area contributed by atoms with Crippen molar-refractivity contribution in [2.75, 3.05) is 6.54 Å². The molecule has 1 aliphatic rings. The highest BCUT2D eigenvalue weighted by molar-refractivity contribution is 5.86. The molecule has 0 radical (unpaired) electrons. The van der Waals surface area contributed by atoms with Gasteiger partial charge in [-0.05, 0) is 32.7 Å². The highest BCUT2D eigenvalue weighted by Gasteiger charge is 2.38. The van der Waals surface area contributed by atoms with Gasteiger partial charge in [0.05, 0.1) is 6.04 Å². The van der Waals surface area contributed by atoms with E-state index >= 15 is 0 Å². The quantitative estimate of drug-likeness (QED) is 0.692. The van der Waals surface area contributed by atoms with E-state index in [2.05, 4.69) is 25.7 Å². The molecule has 0 aliphatic carbocycles. The van der Waals surface area contributed by atoms with E-state index in [-0.39, 0.29) is 12.0 Å². The highest BCUT2D eigenvalue weighted by Crippen LogP contribution is 2.28. The van der Waals surface area contributed by atoms with E-state index in [1.807, 2.05) is 13.8 Å². The molecule has 1 fully saturated rings. The van der Waals surface area contributed by atoms with Crippen LogP contribution in [-0.4, -0.2) is 29.3 Å². The van der Waals surface area contributed by atoms with Gasteiger partial charge in [-0.1, -0.05) is 20.8 Å². The van der Waals surface area contributed by atoms with Crippen LogP contribution in [0, 0.1) is 11.8 Å². The van der Waals surface area contributed by atoms with E-state index in [9.17, 15) is 4.79 Å². The van der Waals surface area contributed by atoms with Crippen molar-refractivity contribution in [3.8, 4) is 0 Å². The van der Waals surface area contributed by atoms with Gasteiger partial charge in [-0.15, -0.1) is 0 Å². The minimum atomic E-state index is 0.168. The molecule has 2 atom stereocenters. The first kappa shape index (κ1) is 11.7. The van der Waals surface area contributed by atoms with Crippen LogP contribution < -0.4 is 0 Å². The lowest BCUT2D eigenvalue weighted by Crippen LogP contribution is -2.44. The molecule has 0 amide bonds. The van der Waals surface area contributed by atoms with Gasteiger partial charge < -0.3 is 0 Å². The first-order valence-electron chi connectivity index (χ1n) is 5.74. The Morgan fingerprint density at radius 3 is 2.29 bits per heavy atom. The summed E-state index contributed by atoms with van der Waals surface area (Å²) in [6.07, 6.45) is 1.17. The van der Waals surface area contributed by atoms with Crippen LogP contribution >= 0.6 is 0 Å². The van der Waals surface area contributed by atoms with Crippen LogP contribution in [0.2, 0.25) is 0 Å². The van der Waals surface area contributed by atoms with E-state index in [4.69, 9.17) is 0 Å². The molecule has 0 N–H and O–H groups in total. The minimum absolute atomic E-state index is 0.168. The second-order valence-electron chi connectivity index (χ2n) is 5.10. The molecule has 14 heavy (non-hydrogen) atoms. The SMILES string of the molecule is CC(C)C(=O)[C@@H]1[C@@H](C)CCN1C(C)C. The molecule has 1 aliphatic heterocycles. The Bertz CT molecular complexity index is 210. The first-order valence-corrected chi connectivity index (χ1v) is 5.74. The molecule has 82 valence electrons. The van der Waals surface area contributed by atoms with Crippen molar-refractivity contribution in [3.05, 3.63) is 0 Å². The maximum Gasteiger partial charge on any atom is 0.152 e. The summed E-state index contributed by atoms with van der Waals surface area (Å²) in [7, 11) is 0. The molecule has 0 unspecified atom stereocenters. The second-order valence-corrected chi connectivity index (χ2v) is 5.10. The minimum Gasteiger partial charge on any atom is -0.298 e. The van der Waals surface area contributed by atoms with E-state index < -0.39 is 0 Å². The number of Topliss-reactive ketones (excluding diaryl/α,β-unsaturated/α-hetero) is 1. The summed E-state index contributed by atoms with van der Waals surface area (Å²) in [6, 6.07) is 0.669. The summed E-state index contributed by atoms with van der Waals surface area (Å²) in [5.74, 6) is 1.12. The fourth-order valence-electron chi connectivity index (χ4n) is 2.34. The number of ketones is 1. The zero-order valence-corrected chi connectivity index (χ0v) is 10.1. The molecule has 0 spiro atoms. The van der Waals surface area contributed by atoms with Gasteiger partial charge in [0.15, 0.2) is 5.78 Å². The van der Waals surface area contributed by atoms with E-state index in [1.54, 1.807) is 0 Å². The number of hydrogen-bond acceptors (Lipinski definition) is 2. The predicted molar refractivity (Wildman–Crippen MR) is 59.3 cm³/mol. The summed E-state index contributed by atoms with van der Waals surface area (Å²) in [6.45, 7) is 11.7. The molecule has 0 bridgehead atoms. The average molecular weight is 197 g/mol. The Morgan fingerprint density at radius 1 is 1.29 bits per heavy atom. The molecule has 2 heteroatoms. The maximum absolute atomic E-state index is 12.0. The van der Waals surface area contributed by atoms with Gasteiger partial charge in [0.2, 0.25) is 0 Å². The molecular formula is C12H23NO. The summed E-state index contributed by atoms with van der Waals surface area (Å²) in [5, 5.41) is 0. The smallest absolute Gasteiger partial charge is 0.152 e. The van der Waals surface area contributed by atoms with Crippen LogP contribution in [-0.2, 0) is 4.79 Å². The third-order valence-corrected chi connectivity index (χ3v) is 3.26. The van der Waals surface area contributed by atoms with Crippen molar-refractivity contribution >= 4 is 5.78 Å². The maximum atomic E-state index is 12.0. The number of likely N-dealkylation sites (tertiary alicyclic amines) is 1. The number of carbonyl (C=O) groups is 1. The lowest BCUT2D eigenvalue weighted by Gasteiger charge is -2.30. The van der Waals surface area contributed by atoms with Crippen LogP contribution in [0.5, 0.6) is 0 Å². The molecule has 2 nitrogen and oxygen atoms in total. The Morgan fingerprint density at radius 2 is 1.86 bits per heavy atom. The molecule has 0 saturated carbocycles. The monoisotopic (exact) mass is 197 g/mol. The van der Waals surface area contributed by atoms with Gasteiger partial charge in [-0.25, -0.2) is 0 Å². The van der Waals surface area contributed by atoms with Crippen LogP contribution in [0.4, 0.5) is 0 Å². The summed E-state index contributed by atoms with van der Waals surface area (Å²) in [5.41, 5.74) is 0. The first-order chi connectivity index (χ1) is 6.45. The Balaban J connectivity index is 2.76. The fourth-order valence-corrected chi connectivity index (χ4v) is 2.34. The average Bonchev–Trinajstić information content (AvgIpc) is 2.45. The third-order valence-electron chi connectivity index (χ3n) is 3.26. The third kappa shape index (κ3) is 2.17. The number of rotatable bonds is 3. The second kappa shape index (κ2) is 4.43. The van der Waals surface area contributed by atoms with Gasteiger partial charge in [0.25, 0.3) is 0 Å². The number of nitrogens with zero attached hydrogens (tertiary/aromatic N) is 1. The van der Waals surface area contributed by atoms with Gasteiger partial charge >= 0.3 is 0 Å². The lowest BCUT2D eigenvalue weighted by molar-refractivity contribution is -0.127. The molecule has 1 rings (SSSR count). The van der Waals surface area contributed by atoms with Crippen LogP contribution in [0.25, 0.3) is 0 Å². The van der Waals surface area contributed by atoms with Crippen molar-refractivity contribution in [1.82, 2.24) is 4.90 Å². The summed E-state index contributed by atoms with van der Waals surface area (Å²) in [4.78, 5) is 14.4. The van der Waals surface area contributed by atoms with Crippen molar-refractivity contribution in [2.45, 2.75) is 53.1 Å². The standard InChI is InChI=1S/C12H23NO/c1-8(2)12(14)11-10(5)6-7-13(11)9(3)4/h8-11H,6-7H2,1-5H3/t10-,11-/m0/s1. The van der Waals surface area contributed by atoms with E-state index in [0.717, 1.165) is 6.54 Å². The van der Waals surface area contributed by atoms with Crippen LogP contribution in [0.15, 0.2) is 0 Å². The van der Waals surface area contributed by atoms with Crippen LogP contribution in [0.3, 0.4) is 0 Å². The van der Waals surface area contributed by atoms with E-state index in [0.29, 0.717) is 17.7 Å². The van der Waals surface area contributed by atoms with Gasteiger partial charge in [0.1, 0.15) is 0 Å². The summed E-state index contributed by atoms with van der Waals surface area (Å²) >= 11 is 0. The van der Waals surface area contributed by atoms with Crippen molar-refractivity contribution in [2.24, 2.45) is 11.8 Å². The zero-order chi connectivity index (χ0) is 10.9. The predicted octanol–water partition coefficient (Wildman–Crippen LogP) is 2.33. The van der Waals surface area contributed by atoms with Crippen molar-refractivity contribution in [1.29, 1.82) is 0 Å². The fraction of sp³-hybridized carbons (Fsp3) is 0.917. The number of hydrogen-bond donors (Lipinski definition) is 0. The number of carbonyl (C=O) groups excluding carboxylic acids is 1. The molecular weight excluding hydrogens is 174 g/mol. The van der Waals surface area contributed by atoms with Gasteiger partial charge in [-0.2, -0.15) is 0 Å². The Labute approximate surface area is 87.7 Å². The topological polar surface area (TPSA) is 20.3 Å². The lowest BCUT2D eigenvalue weighted by atomic mass is 9.92. The normalized spacial score (nSPS) is 29.1. The summed E-state index contributed by atoms with van der Waals surface area (Å²) < 4.78 is 0. The Kier molecular flexibility index (Phi) is 3.71. The van der Waals surface area contributed by atoms with E-state index in [1.165, 1.54) is 6.42 Å². The van der Waals surface area contributed by atoms with Crippen LogP contribution in [0.1, 0.15) is 41.0 Å². The van der Waals surface area contributed by atoms with Crippen molar-refractivity contribution < 1.29 is 4.79 Å². The zero-order valence-electron chi connectivity index (χ0n) is 10.1. The van der Waals surface area contributed by atoms with Gasteiger partial charge in [-0.3, -0.25) is 9.69 Å². The molecule has 0 aromatic carbocycles. The van der Waals surface area contributed by atoms with Crippen molar-refractivity contribution in [3.63, 3.8) is 0 Å². The molecule has 0 aromatic rings. The largest absolute Gasteiger partial charge is 0.298 e. The highest BCUT2D eigenvalue weighted by atomic mass is 16.1. The molecule has 1 saturated heterocycles. The Hall–Kier alpha value is -0.370. The van der Waals surface area contributed by atoms with Gasteiger partial charge in [0, 0.05) is 12.0 Å². The molecule has 0 aromatic heterocycles.